The molecule has 1 fully saturated rings. The van der Waals surface area contributed by atoms with Crippen LogP contribution in [-0.2, 0) is 13.1 Å². The Morgan fingerprint density at radius 1 is 1.16 bits per heavy atom. The topological polar surface area (TPSA) is 73.3 Å². The highest BCUT2D eigenvalue weighted by Gasteiger charge is 2.16. The van der Waals surface area contributed by atoms with E-state index in [1.54, 1.807) is 7.05 Å². The van der Waals surface area contributed by atoms with E-state index < -0.39 is 0 Å². The Labute approximate surface area is 153 Å². The fraction of sp³-hybridized carbons (Fsp3) is 0.444. The number of nitrogens with one attached hydrogen (secondary N) is 2. The van der Waals surface area contributed by atoms with Crippen LogP contribution in [0.15, 0.2) is 30.6 Å². The highest BCUT2D eigenvalue weighted by molar-refractivity contribution is 6.32. The predicted molar refractivity (Wildman–Crippen MR) is 101 cm³/mol. The van der Waals surface area contributed by atoms with Gasteiger partial charge < -0.3 is 15.7 Å². The molecule has 1 aromatic carbocycles. The molecule has 0 atom stereocenters. The normalized spacial score (nSPS) is 16.0. The van der Waals surface area contributed by atoms with E-state index in [0.717, 1.165) is 32.5 Å². The van der Waals surface area contributed by atoms with Gasteiger partial charge in [-0.25, -0.2) is 9.97 Å². The summed E-state index contributed by atoms with van der Waals surface area (Å²) in [6.45, 7) is 3.53. The van der Waals surface area contributed by atoms with E-state index in [4.69, 9.17) is 11.6 Å². The van der Waals surface area contributed by atoms with E-state index in [1.807, 2.05) is 0 Å². The van der Waals surface area contributed by atoms with Gasteiger partial charge in [-0.1, -0.05) is 35.9 Å². The summed E-state index contributed by atoms with van der Waals surface area (Å²) < 4.78 is 0. The molecule has 2 aromatic rings. The number of likely N-dealkylation sites (tertiary alicyclic amines) is 1. The molecule has 0 amide bonds. The van der Waals surface area contributed by atoms with Crippen LogP contribution in [0.25, 0.3) is 0 Å². The summed E-state index contributed by atoms with van der Waals surface area (Å²) in [5, 5.41) is 16.3. The molecule has 3 N–H and O–H groups in total. The number of aromatic nitrogens is 2. The maximum Gasteiger partial charge on any atom is 0.157 e. The second-order valence-electron chi connectivity index (χ2n) is 6.32. The van der Waals surface area contributed by atoms with E-state index in [2.05, 4.69) is 49.8 Å². The van der Waals surface area contributed by atoms with Gasteiger partial charge in [0.05, 0.1) is 6.10 Å². The first-order valence-corrected chi connectivity index (χ1v) is 8.94. The summed E-state index contributed by atoms with van der Waals surface area (Å²) in [5.74, 6) is 0.693. The maximum absolute atomic E-state index is 9.58. The van der Waals surface area contributed by atoms with E-state index in [1.165, 1.54) is 17.5 Å². The van der Waals surface area contributed by atoms with Crippen LogP contribution in [0.4, 0.5) is 11.5 Å². The third-order valence-electron chi connectivity index (χ3n) is 4.50. The first-order chi connectivity index (χ1) is 12.2. The van der Waals surface area contributed by atoms with Crippen LogP contribution in [0.1, 0.15) is 24.0 Å². The Morgan fingerprint density at radius 3 is 2.52 bits per heavy atom. The number of hydrogen-bond acceptors (Lipinski definition) is 6. The van der Waals surface area contributed by atoms with Crippen LogP contribution in [0.2, 0.25) is 5.15 Å². The number of nitrogens with zero attached hydrogens (tertiary/aromatic N) is 3. The summed E-state index contributed by atoms with van der Waals surface area (Å²) >= 11 is 6.06. The molecule has 0 aliphatic carbocycles. The van der Waals surface area contributed by atoms with Crippen molar-refractivity contribution in [3.8, 4) is 0 Å². The van der Waals surface area contributed by atoms with Crippen molar-refractivity contribution in [3.05, 3.63) is 46.9 Å². The number of aliphatic hydroxyl groups is 1. The lowest BCUT2D eigenvalue weighted by Gasteiger charge is -2.29. The van der Waals surface area contributed by atoms with Gasteiger partial charge in [0.15, 0.2) is 11.0 Å². The third kappa shape index (κ3) is 4.81. The van der Waals surface area contributed by atoms with Gasteiger partial charge in [0, 0.05) is 33.2 Å². The second-order valence-corrected chi connectivity index (χ2v) is 6.67. The fourth-order valence-electron chi connectivity index (χ4n) is 3.00. The van der Waals surface area contributed by atoms with Crippen molar-refractivity contribution in [2.75, 3.05) is 30.8 Å². The maximum atomic E-state index is 9.58. The average molecular weight is 362 g/mol. The number of aliphatic hydroxyl groups excluding tert-OH is 1. The van der Waals surface area contributed by atoms with Gasteiger partial charge in [-0.05, 0) is 24.0 Å². The van der Waals surface area contributed by atoms with Crippen LogP contribution in [0.3, 0.4) is 0 Å². The lowest BCUT2D eigenvalue weighted by atomic mass is 10.1. The highest BCUT2D eigenvalue weighted by atomic mass is 35.5. The van der Waals surface area contributed by atoms with Crippen LogP contribution in [0.5, 0.6) is 0 Å². The van der Waals surface area contributed by atoms with Crippen molar-refractivity contribution in [2.24, 2.45) is 0 Å². The first-order valence-electron chi connectivity index (χ1n) is 8.56. The monoisotopic (exact) mass is 361 g/mol. The molecule has 3 rings (SSSR count). The molecular weight excluding hydrogens is 338 g/mol. The third-order valence-corrected chi connectivity index (χ3v) is 4.78. The van der Waals surface area contributed by atoms with Gasteiger partial charge in [0.1, 0.15) is 12.0 Å². The van der Waals surface area contributed by atoms with Crippen LogP contribution >= 0.6 is 11.6 Å². The number of anilines is 2. The molecule has 0 bridgehead atoms. The smallest absolute Gasteiger partial charge is 0.157 e. The first kappa shape index (κ1) is 17.9. The lowest BCUT2D eigenvalue weighted by Crippen LogP contribution is -2.35. The van der Waals surface area contributed by atoms with E-state index >= 15 is 0 Å². The molecule has 25 heavy (non-hydrogen) atoms. The molecule has 1 aliphatic heterocycles. The van der Waals surface area contributed by atoms with Crippen LogP contribution in [-0.4, -0.2) is 46.2 Å². The zero-order valence-electron chi connectivity index (χ0n) is 14.4. The standard InChI is InChI=1S/C18H24ClN5O/c1-20-16-17(19)22-12-23-18(16)21-10-13-2-4-14(5-3-13)11-24-8-6-15(25)7-9-24/h2-5,12,15,20,25H,6-11H2,1H3,(H,21,22,23). The molecule has 1 aliphatic rings. The fourth-order valence-corrected chi connectivity index (χ4v) is 3.23. The molecule has 0 radical (unpaired) electrons. The molecule has 1 aromatic heterocycles. The Hall–Kier alpha value is -1.89. The molecule has 0 saturated carbocycles. The second kappa shape index (κ2) is 8.47. The van der Waals surface area contributed by atoms with E-state index in [-0.39, 0.29) is 6.10 Å². The molecule has 0 spiro atoms. The Kier molecular flexibility index (Phi) is 6.07. The highest BCUT2D eigenvalue weighted by Crippen LogP contribution is 2.25. The number of piperidine rings is 1. The summed E-state index contributed by atoms with van der Waals surface area (Å²) in [6.07, 6.45) is 3.07. The average Bonchev–Trinajstić information content (AvgIpc) is 2.63. The van der Waals surface area contributed by atoms with Gasteiger partial charge in [-0.15, -0.1) is 0 Å². The Bertz CT molecular complexity index is 686. The van der Waals surface area contributed by atoms with Crippen molar-refractivity contribution in [2.45, 2.75) is 32.0 Å². The predicted octanol–water partition coefficient (Wildman–Crippen LogP) is 2.74. The van der Waals surface area contributed by atoms with Crippen molar-refractivity contribution in [1.82, 2.24) is 14.9 Å². The number of benzene rings is 1. The van der Waals surface area contributed by atoms with Crippen molar-refractivity contribution < 1.29 is 5.11 Å². The van der Waals surface area contributed by atoms with E-state index in [0.29, 0.717) is 23.2 Å². The number of rotatable bonds is 6. The van der Waals surface area contributed by atoms with Gasteiger partial charge in [0.25, 0.3) is 0 Å². The SMILES string of the molecule is CNc1c(Cl)ncnc1NCc1ccc(CN2CCC(O)CC2)cc1. The molecule has 134 valence electrons. The van der Waals surface area contributed by atoms with Crippen molar-refractivity contribution in [1.29, 1.82) is 0 Å². The minimum atomic E-state index is -0.123. The molecule has 6 nitrogen and oxygen atoms in total. The lowest BCUT2D eigenvalue weighted by molar-refractivity contribution is 0.0792. The van der Waals surface area contributed by atoms with Crippen LogP contribution < -0.4 is 10.6 Å². The molecule has 2 heterocycles. The largest absolute Gasteiger partial charge is 0.393 e. The van der Waals surface area contributed by atoms with Crippen molar-refractivity contribution in [3.63, 3.8) is 0 Å². The minimum absolute atomic E-state index is 0.123. The van der Waals surface area contributed by atoms with Gasteiger partial charge in [0.2, 0.25) is 0 Å². The van der Waals surface area contributed by atoms with Crippen molar-refractivity contribution >= 4 is 23.1 Å². The molecule has 1 saturated heterocycles. The summed E-state index contributed by atoms with van der Waals surface area (Å²) in [6, 6.07) is 8.58. The summed E-state index contributed by atoms with van der Waals surface area (Å²) in [7, 11) is 1.80. The summed E-state index contributed by atoms with van der Waals surface area (Å²) in [4.78, 5) is 10.6. The zero-order chi connectivity index (χ0) is 17.6. The Morgan fingerprint density at radius 2 is 1.84 bits per heavy atom. The number of halogens is 1. The van der Waals surface area contributed by atoms with Gasteiger partial charge >= 0.3 is 0 Å². The summed E-state index contributed by atoms with van der Waals surface area (Å²) in [5.41, 5.74) is 3.17. The quantitative estimate of drug-likeness (QED) is 0.687. The van der Waals surface area contributed by atoms with E-state index in [9.17, 15) is 5.11 Å². The Balaban J connectivity index is 1.55. The minimum Gasteiger partial charge on any atom is -0.393 e. The number of hydrogen-bond donors (Lipinski definition) is 3. The zero-order valence-corrected chi connectivity index (χ0v) is 15.1. The van der Waals surface area contributed by atoms with Crippen LogP contribution in [0, 0.1) is 0 Å². The van der Waals surface area contributed by atoms with Gasteiger partial charge in [-0.3, -0.25) is 4.90 Å². The molecule has 0 unspecified atom stereocenters. The molecule has 7 heteroatoms. The van der Waals surface area contributed by atoms with Gasteiger partial charge in [-0.2, -0.15) is 0 Å². The molecular formula is C18H24ClN5O.